The number of anilines is 1. The number of nitrogens with zero attached hydrogens (tertiary/aromatic N) is 4. The van der Waals surface area contributed by atoms with Crippen LogP contribution in [-0.2, 0) is 0 Å². The summed E-state index contributed by atoms with van der Waals surface area (Å²) in [6, 6.07) is 10.8. The SMILES string of the molecule is Cc1cc(N2CCN(C(=O)c3cc[nH]c3C)CC2)nc(-c2ccccc2O)n1. The third-order valence-corrected chi connectivity index (χ3v) is 5.06. The minimum absolute atomic E-state index is 0.0622. The largest absolute Gasteiger partial charge is 0.507 e. The van der Waals surface area contributed by atoms with E-state index in [4.69, 9.17) is 0 Å². The van der Waals surface area contributed by atoms with Crippen molar-refractivity contribution in [3.8, 4) is 17.1 Å². The van der Waals surface area contributed by atoms with Crippen molar-refractivity contribution in [2.24, 2.45) is 0 Å². The van der Waals surface area contributed by atoms with Crippen LogP contribution in [0.2, 0.25) is 0 Å². The standard InChI is InChI=1S/C21H23N5O2/c1-14-13-19(24-20(23-14)17-5-3-4-6-18(17)27)25-9-11-26(12-10-25)21(28)16-7-8-22-15(16)2/h3-8,13,22,27H,9-12H2,1-2H3. The zero-order chi connectivity index (χ0) is 19.7. The number of para-hydroxylation sites is 1. The Morgan fingerprint density at radius 2 is 1.82 bits per heavy atom. The lowest BCUT2D eigenvalue weighted by Crippen LogP contribution is -2.49. The van der Waals surface area contributed by atoms with E-state index in [2.05, 4.69) is 19.9 Å². The van der Waals surface area contributed by atoms with Gasteiger partial charge in [0.2, 0.25) is 0 Å². The Kier molecular flexibility index (Phi) is 4.73. The average molecular weight is 377 g/mol. The molecule has 1 aliphatic heterocycles. The summed E-state index contributed by atoms with van der Waals surface area (Å²) >= 11 is 0. The lowest BCUT2D eigenvalue weighted by molar-refractivity contribution is 0.0746. The number of aryl methyl sites for hydroxylation is 2. The molecule has 0 atom stereocenters. The van der Waals surface area contributed by atoms with E-state index < -0.39 is 0 Å². The molecule has 0 saturated carbocycles. The number of aromatic nitrogens is 3. The molecule has 1 saturated heterocycles. The average Bonchev–Trinajstić information content (AvgIpc) is 3.13. The predicted molar refractivity (Wildman–Crippen MR) is 108 cm³/mol. The van der Waals surface area contributed by atoms with Crippen molar-refractivity contribution >= 4 is 11.7 Å². The van der Waals surface area contributed by atoms with Gasteiger partial charge in [-0.3, -0.25) is 4.79 Å². The Balaban J connectivity index is 1.51. The molecule has 28 heavy (non-hydrogen) atoms. The Morgan fingerprint density at radius 1 is 1.07 bits per heavy atom. The van der Waals surface area contributed by atoms with Gasteiger partial charge in [0.05, 0.1) is 11.1 Å². The third kappa shape index (κ3) is 3.43. The first-order chi connectivity index (χ1) is 13.5. The first kappa shape index (κ1) is 18.0. The summed E-state index contributed by atoms with van der Waals surface area (Å²) in [4.78, 5) is 28.9. The second-order valence-corrected chi connectivity index (χ2v) is 7.00. The summed E-state index contributed by atoms with van der Waals surface area (Å²) in [5.74, 6) is 1.55. The van der Waals surface area contributed by atoms with Gasteiger partial charge in [0.1, 0.15) is 11.6 Å². The number of nitrogens with one attached hydrogen (secondary N) is 1. The Bertz CT molecular complexity index is 1010. The maximum atomic E-state index is 12.7. The minimum atomic E-state index is 0.0622. The van der Waals surface area contributed by atoms with Crippen molar-refractivity contribution in [2.75, 3.05) is 31.1 Å². The second-order valence-electron chi connectivity index (χ2n) is 7.00. The van der Waals surface area contributed by atoms with E-state index in [0.717, 1.165) is 22.8 Å². The van der Waals surface area contributed by atoms with E-state index in [0.29, 0.717) is 37.6 Å². The maximum Gasteiger partial charge on any atom is 0.255 e. The van der Waals surface area contributed by atoms with Crippen molar-refractivity contribution in [3.63, 3.8) is 0 Å². The van der Waals surface area contributed by atoms with Crippen LogP contribution in [0.1, 0.15) is 21.7 Å². The second kappa shape index (κ2) is 7.34. The number of H-pyrrole nitrogens is 1. The number of phenolic OH excluding ortho intramolecular Hbond substituents is 1. The number of hydrogen-bond donors (Lipinski definition) is 2. The van der Waals surface area contributed by atoms with Gasteiger partial charge < -0.3 is 19.9 Å². The number of aromatic amines is 1. The van der Waals surface area contributed by atoms with Crippen LogP contribution in [0.4, 0.5) is 5.82 Å². The first-order valence-corrected chi connectivity index (χ1v) is 9.35. The van der Waals surface area contributed by atoms with Gasteiger partial charge in [0, 0.05) is 49.8 Å². The number of piperazine rings is 1. The smallest absolute Gasteiger partial charge is 0.255 e. The van der Waals surface area contributed by atoms with E-state index in [-0.39, 0.29) is 11.7 Å². The molecule has 2 aromatic heterocycles. The molecule has 0 spiro atoms. The fourth-order valence-corrected chi connectivity index (χ4v) is 3.49. The number of benzene rings is 1. The molecule has 1 amide bonds. The maximum absolute atomic E-state index is 12.7. The molecule has 4 rings (SSSR count). The molecule has 1 aliphatic rings. The summed E-state index contributed by atoms with van der Waals surface area (Å²) in [5.41, 5.74) is 3.08. The van der Waals surface area contributed by atoms with Gasteiger partial charge in [0.25, 0.3) is 5.91 Å². The van der Waals surface area contributed by atoms with Crippen LogP contribution in [-0.4, -0.2) is 57.0 Å². The molecule has 7 heteroatoms. The van der Waals surface area contributed by atoms with Crippen molar-refractivity contribution in [1.29, 1.82) is 0 Å². The van der Waals surface area contributed by atoms with E-state index >= 15 is 0 Å². The van der Waals surface area contributed by atoms with Crippen molar-refractivity contribution in [1.82, 2.24) is 19.9 Å². The van der Waals surface area contributed by atoms with E-state index in [1.165, 1.54) is 0 Å². The number of rotatable bonds is 3. The zero-order valence-corrected chi connectivity index (χ0v) is 16.0. The highest BCUT2D eigenvalue weighted by molar-refractivity contribution is 5.95. The Labute approximate surface area is 163 Å². The van der Waals surface area contributed by atoms with E-state index in [1.54, 1.807) is 18.3 Å². The highest BCUT2D eigenvalue weighted by Gasteiger charge is 2.24. The van der Waals surface area contributed by atoms with Gasteiger partial charge in [-0.15, -0.1) is 0 Å². The van der Waals surface area contributed by atoms with Gasteiger partial charge >= 0.3 is 0 Å². The molecule has 0 aliphatic carbocycles. The van der Waals surface area contributed by atoms with Gasteiger partial charge in [-0.05, 0) is 32.0 Å². The van der Waals surface area contributed by atoms with Crippen LogP contribution in [0.5, 0.6) is 5.75 Å². The molecule has 144 valence electrons. The van der Waals surface area contributed by atoms with Crippen LogP contribution in [0.3, 0.4) is 0 Å². The number of carbonyl (C=O) groups excluding carboxylic acids is 1. The molecule has 1 aromatic carbocycles. The highest BCUT2D eigenvalue weighted by atomic mass is 16.3. The molecule has 1 fully saturated rings. The van der Waals surface area contributed by atoms with Crippen molar-refractivity contribution in [3.05, 3.63) is 59.5 Å². The summed E-state index contributed by atoms with van der Waals surface area (Å²) in [5, 5.41) is 10.1. The van der Waals surface area contributed by atoms with Crippen LogP contribution in [0.25, 0.3) is 11.4 Å². The molecule has 0 bridgehead atoms. The zero-order valence-electron chi connectivity index (χ0n) is 16.0. The minimum Gasteiger partial charge on any atom is -0.507 e. The number of carbonyl (C=O) groups is 1. The predicted octanol–water partition coefficient (Wildman–Crippen LogP) is 2.76. The van der Waals surface area contributed by atoms with E-state index in [9.17, 15) is 9.90 Å². The number of amides is 1. The molecule has 0 unspecified atom stereocenters. The van der Waals surface area contributed by atoms with Crippen LogP contribution < -0.4 is 4.90 Å². The van der Waals surface area contributed by atoms with Crippen molar-refractivity contribution in [2.45, 2.75) is 13.8 Å². The molecule has 7 nitrogen and oxygen atoms in total. The fraction of sp³-hybridized carbons (Fsp3) is 0.286. The summed E-state index contributed by atoms with van der Waals surface area (Å²) in [6.07, 6.45) is 1.79. The summed E-state index contributed by atoms with van der Waals surface area (Å²) in [7, 11) is 0. The van der Waals surface area contributed by atoms with E-state index in [1.807, 2.05) is 43.0 Å². The van der Waals surface area contributed by atoms with Crippen LogP contribution >= 0.6 is 0 Å². The summed E-state index contributed by atoms with van der Waals surface area (Å²) in [6.45, 7) is 6.51. The molecule has 2 N–H and O–H groups in total. The molecule has 3 aromatic rings. The van der Waals surface area contributed by atoms with Gasteiger partial charge in [-0.1, -0.05) is 12.1 Å². The topological polar surface area (TPSA) is 85.4 Å². The molecule has 3 heterocycles. The Morgan fingerprint density at radius 3 is 2.50 bits per heavy atom. The first-order valence-electron chi connectivity index (χ1n) is 9.35. The van der Waals surface area contributed by atoms with Gasteiger partial charge in [-0.2, -0.15) is 0 Å². The van der Waals surface area contributed by atoms with Crippen LogP contribution in [0, 0.1) is 13.8 Å². The number of aromatic hydroxyl groups is 1. The summed E-state index contributed by atoms with van der Waals surface area (Å²) < 4.78 is 0. The lowest BCUT2D eigenvalue weighted by atomic mass is 10.2. The quantitative estimate of drug-likeness (QED) is 0.733. The number of phenols is 1. The van der Waals surface area contributed by atoms with Gasteiger partial charge in [-0.25, -0.2) is 9.97 Å². The fourth-order valence-electron chi connectivity index (χ4n) is 3.49. The van der Waals surface area contributed by atoms with Crippen LogP contribution in [0.15, 0.2) is 42.6 Å². The normalized spacial score (nSPS) is 14.4. The van der Waals surface area contributed by atoms with Gasteiger partial charge in [0.15, 0.2) is 5.82 Å². The Hall–Kier alpha value is -3.35. The van der Waals surface area contributed by atoms with Crippen molar-refractivity contribution < 1.29 is 9.90 Å². The monoisotopic (exact) mass is 377 g/mol. The molecular weight excluding hydrogens is 354 g/mol. The highest BCUT2D eigenvalue weighted by Crippen LogP contribution is 2.28. The third-order valence-electron chi connectivity index (χ3n) is 5.06. The lowest BCUT2D eigenvalue weighted by Gasteiger charge is -2.35. The molecular formula is C21H23N5O2. The number of hydrogen-bond acceptors (Lipinski definition) is 5. The molecule has 0 radical (unpaired) electrons.